The van der Waals surface area contributed by atoms with Gasteiger partial charge in [0, 0.05) is 51.4 Å². The Balaban J connectivity index is 1.26. The molecule has 2 aliphatic heterocycles. The van der Waals surface area contributed by atoms with Crippen molar-refractivity contribution in [1.29, 1.82) is 0 Å². The van der Waals surface area contributed by atoms with E-state index in [4.69, 9.17) is 0 Å². The van der Waals surface area contributed by atoms with Crippen molar-refractivity contribution in [3.63, 3.8) is 0 Å². The largest absolute Gasteiger partial charge is 0.417 e. The normalized spacial score (nSPS) is 18.4. The highest BCUT2D eigenvalue weighted by Crippen LogP contribution is 2.29. The minimum Gasteiger partial charge on any atom is -0.353 e. The summed E-state index contributed by atoms with van der Waals surface area (Å²) in [6.07, 6.45) is -2.26. The molecule has 2 aromatic heterocycles. The molecule has 166 valence electrons. The van der Waals surface area contributed by atoms with Crippen LogP contribution >= 0.6 is 11.3 Å². The summed E-state index contributed by atoms with van der Waals surface area (Å²) in [4.78, 5) is 35.6. The van der Waals surface area contributed by atoms with E-state index in [0.29, 0.717) is 57.9 Å². The Hall–Kier alpha value is -2.62. The molecule has 2 aromatic rings. The molecule has 2 aliphatic rings. The summed E-state index contributed by atoms with van der Waals surface area (Å²) in [7, 11) is 0. The number of alkyl halides is 3. The van der Waals surface area contributed by atoms with E-state index in [1.54, 1.807) is 0 Å². The van der Waals surface area contributed by atoms with Crippen LogP contribution < -0.4 is 4.90 Å². The molecular formula is C21H23F3N4O2S. The van der Waals surface area contributed by atoms with Gasteiger partial charge >= 0.3 is 6.18 Å². The van der Waals surface area contributed by atoms with Crippen LogP contribution in [0.4, 0.5) is 19.0 Å². The SMILES string of the molecule is O=C(c1cccs1)N1CCC(C(=O)N2CCN(c3ccc(C(F)(F)F)cn3)CC2)CC1. The van der Waals surface area contributed by atoms with Crippen molar-refractivity contribution < 1.29 is 22.8 Å². The number of carbonyl (C=O) groups is 2. The van der Waals surface area contributed by atoms with E-state index in [1.165, 1.54) is 17.4 Å². The Morgan fingerprint density at radius 1 is 0.968 bits per heavy atom. The smallest absolute Gasteiger partial charge is 0.353 e. The van der Waals surface area contributed by atoms with Crippen molar-refractivity contribution in [1.82, 2.24) is 14.8 Å². The molecule has 10 heteroatoms. The number of piperidine rings is 1. The number of amides is 2. The average Bonchev–Trinajstić information content (AvgIpc) is 3.33. The highest BCUT2D eigenvalue weighted by Gasteiger charge is 2.33. The van der Waals surface area contributed by atoms with Gasteiger partial charge in [-0.2, -0.15) is 13.2 Å². The van der Waals surface area contributed by atoms with Crippen LogP contribution in [0.25, 0.3) is 0 Å². The van der Waals surface area contributed by atoms with Gasteiger partial charge in [0.25, 0.3) is 5.91 Å². The fraction of sp³-hybridized carbons (Fsp3) is 0.476. The van der Waals surface area contributed by atoms with Crippen LogP contribution in [0.2, 0.25) is 0 Å². The van der Waals surface area contributed by atoms with E-state index in [1.807, 2.05) is 32.2 Å². The quantitative estimate of drug-likeness (QED) is 0.717. The van der Waals surface area contributed by atoms with Gasteiger partial charge in [-0.3, -0.25) is 9.59 Å². The molecule has 0 saturated carbocycles. The van der Waals surface area contributed by atoms with Crippen LogP contribution in [0.5, 0.6) is 0 Å². The molecule has 0 aromatic carbocycles. The van der Waals surface area contributed by atoms with E-state index < -0.39 is 11.7 Å². The summed E-state index contributed by atoms with van der Waals surface area (Å²) in [5, 5.41) is 1.88. The number of halogens is 3. The molecule has 0 radical (unpaired) electrons. The number of pyridine rings is 1. The van der Waals surface area contributed by atoms with Gasteiger partial charge in [-0.05, 0) is 36.4 Å². The van der Waals surface area contributed by atoms with Crippen molar-refractivity contribution in [2.24, 2.45) is 5.92 Å². The molecule has 0 aliphatic carbocycles. The zero-order chi connectivity index (χ0) is 22.0. The molecule has 2 amide bonds. The lowest BCUT2D eigenvalue weighted by Gasteiger charge is -2.39. The lowest BCUT2D eigenvalue weighted by atomic mass is 9.95. The third kappa shape index (κ3) is 4.84. The van der Waals surface area contributed by atoms with Gasteiger partial charge < -0.3 is 14.7 Å². The monoisotopic (exact) mass is 452 g/mol. The molecular weight excluding hydrogens is 429 g/mol. The molecule has 4 rings (SSSR count). The maximum Gasteiger partial charge on any atom is 0.417 e. The highest BCUT2D eigenvalue weighted by molar-refractivity contribution is 7.12. The lowest BCUT2D eigenvalue weighted by Crippen LogP contribution is -2.52. The molecule has 2 saturated heterocycles. The molecule has 0 N–H and O–H groups in total. The van der Waals surface area contributed by atoms with Gasteiger partial charge in [0.15, 0.2) is 0 Å². The summed E-state index contributed by atoms with van der Waals surface area (Å²) in [6.45, 7) is 3.22. The van der Waals surface area contributed by atoms with Crippen LogP contribution in [-0.2, 0) is 11.0 Å². The summed E-state index contributed by atoms with van der Waals surface area (Å²) in [5.41, 5.74) is -0.769. The van der Waals surface area contributed by atoms with Gasteiger partial charge in [0.1, 0.15) is 5.82 Å². The van der Waals surface area contributed by atoms with Crippen LogP contribution in [0.3, 0.4) is 0 Å². The number of aromatic nitrogens is 1. The highest BCUT2D eigenvalue weighted by atomic mass is 32.1. The van der Waals surface area contributed by atoms with E-state index in [0.717, 1.165) is 17.1 Å². The number of carbonyl (C=O) groups excluding carboxylic acids is 2. The van der Waals surface area contributed by atoms with E-state index in [9.17, 15) is 22.8 Å². The molecule has 6 nitrogen and oxygen atoms in total. The molecule has 31 heavy (non-hydrogen) atoms. The fourth-order valence-electron chi connectivity index (χ4n) is 4.04. The Labute approximate surface area is 182 Å². The van der Waals surface area contributed by atoms with Gasteiger partial charge in [0.05, 0.1) is 10.4 Å². The zero-order valence-corrected chi connectivity index (χ0v) is 17.7. The molecule has 0 atom stereocenters. The zero-order valence-electron chi connectivity index (χ0n) is 16.8. The summed E-state index contributed by atoms with van der Waals surface area (Å²) in [6, 6.07) is 6.08. The minimum atomic E-state index is -4.40. The van der Waals surface area contributed by atoms with Crippen molar-refractivity contribution in [3.8, 4) is 0 Å². The number of thiophene rings is 1. The summed E-state index contributed by atoms with van der Waals surface area (Å²) < 4.78 is 38.1. The Morgan fingerprint density at radius 3 is 2.23 bits per heavy atom. The topological polar surface area (TPSA) is 56.8 Å². The second-order valence-electron chi connectivity index (χ2n) is 7.76. The van der Waals surface area contributed by atoms with E-state index >= 15 is 0 Å². The Kier molecular flexibility index (Phi) is 6.17. The first-order chi connectivity index (χ1) is 14.8. The average molecular weight is 453 g/mol. The molecule has 0 spiro atoms. The van der Waals surface area contributed by atoms with Gasteiger partial charge in [0.2, 0.25) is 5.91 Å². The first-order valence-electron chi connectivity index (χ1n) is 10.2. The second kappa shape index (κ2) is 8.86. The Bertz CT molecular complexity index is 902. The standard InChI is InChI=1S/C21H23F3N4O2S/c22-21(23,24)16-3-4-18(25-14-16)26-9-11-28(12-10-26)19(29)15-5-7-27(8-6-15)20(30)17-2-1-13-31-17/h1-4,13-15H,5-12H2. The maximum absolute atomic E-state index is 12.9. The number of piperazine rings is 1. The second-order valence-corrected chi connectivity index (χ2v) is 8.71. The van der Waals surface area contributed by atoms with Crippen molar-refractivity contribution >= 4 is 29.0 Å². The molecule has 0 unspecified atom stereocenters. The van der Waals surface area contributed by atoms with Gasteiger partial charge in [-0.1, -0.05) is 6.07 Å². The number of hydrogen-bond acceptors (Lipinski definition) is 5. The number of likely N-dealkylation sites (tertiary alicyclic amines) is 1. The fourth-order valence-corrected chi connectivity index (χ4v) is 4.73. The summed E-state index contributed by atoms with van der Waals surface area (Å²) >= 11 is 1.42. The van der Waals surface area contributed by atoms with Crippen molar-refractivity contribution in [2.75, 3.05) is 44.2 Å². The number of anilines is 1. The van der Waals surface area contributed by atoms with Gasteiger partial charge in [-0.25, -0.2) is 4.98 Å². The molecule has 4 heterocycles. The van der Waals surface area contributed by atoms with Gasteiger partial charge in [-0.15, -0.1) is 11.3 Å². The first-order valence-corrected chi connectivity index (χ1v) is 11.1. The minimum absolute atomic E-state index is 0.0264. The number of hydrogen-bond donors (Lipinski definition) is 0. The summed E-state index contributed by atoms with van der Waals surface area (Å²) in [5.74, 6) is 0.519. The van der Waals surface area contributed by atoms with Crippen LogP contribution in [0.15, 0.2) is 35.8 Å². The van der Waals surface area contributed by atoms with Crippen LogP contribution in [0, 0.1) is 5.92 Å². The molecule has 0 bridgehead atoms. The number of nitrogens with zero attached hydrogens (tertiary/aromatic N) is 4. The van der Waals surface area contributed by atoms with E-state index in [-0.39, 0.29) is 17.7 Å². The lowest BCUT2D eigenvalue weighted by molar-refractivity contribution is -0.138. The third-order valence-corrected chi connectivity index (χ3v) is 6.71. The third-order valence-electron chi connectivity index (χ3n) is 5.85. The van der Waals surface area contributed by atoms with E-state index in [2.05, 4.69) is 4.98 Å². The Morgan fingerprint density at radius 2 is 1.68 bits per heavy atom. The maximum atomic E-state index is 12.9. The van der Waals surface area contributed by atoms with Crippen LogP contribution in [-0.4, -0.2) is 65.9 Å². The van der Waals surface area contributed by atoms with Crippen LogP contribution in [0.1, 0.15) is 28.1 Å². The van der Waals surface area contributed by atoms with Crippen molar-refractivity contribution in [2.45, 2.75) is 19.0 Å². The predicted octanol–water partition coefficient (Wildman–Crippen LogP) is 3.36. The van der Waals surface area contributed by atoms with Crippen molar-refractivity contribution in [3.05, 3.63) is 46.3 Å². The first kappa shape index (κ1) is 21.6. The molecule has 2 fully saturated rings. The number of rotatable bonds is 3. The predicted molar refractivity (Wildman–Crippen MR) is 111 cm³/mol.